The van der Waals surface area contributed by atoms with Crippen LogP contribution in [0, 0.1) is 5.92 Å². The second-order valence-electron chi connectivity index (χ2n) is 9.85. The average Bonchev–Trinajstić information content (AvgIpc) is 3.27. The minimum absolute atomic E-state index is 0.0746. The quantitative estimate of drug-likeness (QED) is 0.657. The third-order valence-electron chi connectivity index (χ3n) is 6.33. The molecule has 1 saturated heterocycles. The number of aromatic amines is 1. The number of likely N-dealkylation sites (N-methyl/N-ethyl adjacent to an activating group) is 1. The highest BCUT2D eigenvalue weighted by molar-refractivity contribution is 5.93. The largest absolute Gasteiger partial charge is 0.344 e. The van der Waals surface area contributed by atoms with Crippen LogP contribution in [0.15, 0.2) is 60.7 Å². The Hall–Kier alpha value is -3.41. The molecule has 1 aliphatic heterocycles. The molecule has 3 aromatic rings. The summed E-state index contributed by atoms with van der Waals surface area (Å²) in [5.41, 5.74) is 4.56. The number of benzene rings is 2. The smallest absolute Gasteiger partial charge is 0.274 e. The van der Waals surface area contributed by atoms with E-state index in [-0.39, 0.29) is 23.1 Å². The highest BCUT2D eigenvalue weighted by Crippen LogP contribution is 2.27. The summed E-state index contributed by atoms with van der Waals surface area (Å²) in [6.45, 7) is 7.62. The summed E-state index contributed by atoms with van der Waals surface area (Å²) in [6.07, 6.45) is 0.575. The average molecular weight is 445 g/mol. The first-order chi connectivity index (χ1) is 15.7. The zero-order chi connectivity index (χ0) is 23.6. The summed E-state index contributed by atoms with van der Waals surface area (Å²) < 4.78 is 0. The van der Waals surface area contributed by atoms with Crippen molar-refractivity contribution in [3.63, 3.8) is 0 Å². The van der Waals surface area contributed by atoms with Gasteiger partial charge in [0.25, 0.3) is 5.91 Å². The number of nitrogens with one attached hydrogen (secondary N) is 1. The Morgan fingerprint density at radius 3 is 2.45 bits per heavy atom. The van der Waals surface area contributed by atoms with Crippen molar-refractivity contribution in [1.29, 1.82) is 0 Å². The van der Waals surface area contributed by atoms with E-state index in [2.05, 4.69) is 55.2 Å². The fraction of sp³-hybridized carbons (Fsp3) is 0.370. The Morgan fingerprint density at radius 1 is 1.06 bits per heavy atom. The van der Waals surface area contributed by atoms with Gasteiger partial charge in [0.2, 0.25) is 5.91 Å². The molecule has 33 heavy (non-hydrogen) atoms. The summed E-state index contributed by atoms with van der Waals surface area (Å²) >= 11 is 0. The predicted octanol–water partition coefficient (Wildman–Crippen LogP) is 4.15. The second kappa shape index (κ2) is 9.22. The first-order valence-corrected chi connectivity index (χ1v) is 11.5. The van der Waals surface area contributed by atoms with E-state index in [9.17, 15) is 9.59 Å². The molecule has 4 rings (SSSR count). The number of rotatable bonds is 4. The number of hydrogen-bond acceptors (Lipinski definition) is 3. The summed E-state index contributed by atoms with van der Waals surface area (Å²) in [5, 5.41) is 7.28. The van der Waals surface area contributed by atoms with Crippen LogP contribution in [0.2, 0.25) is 0 Å². The number of aromatic nitrogens is 2. The zero-order valence-corrected chi connectivity index (χ0v) is 19.8. The highest BCUT2D eigenvalue weighted by atomic mass is 16.2. The minimum atomic E-state index is -0.313. The van der Waals surface area contributed by atoms with Crippen molar-refractivity contribution >= 4 is 11.8 Å². The number of H-pyrrole nitrogens is 1. The van der Waals surface area contributed by atoms with E-state index in [1.54, 1.807) is 9.80 Å². The van der Waals surface area contributed by atoms with Crippen LogP contribution in [0.1, 0.15) is 42.5 Å². The molecule has 0 saturated carbocycles. The third-order valence-corrected chi connectivity index (χ3v) is 6.33. The molecule has 6 nitrogen and oxygen atoms in total. The number of hydrogen-bond donors (Lipinski definition) is 1. The van der Waals surface area contributed by atoms with E-state index in [0.717, 1.165) is 22.4 Å². The number of carbonyl (C=O) groups excluding carboxylic acids is 2. The van der Waals surface area contributed by atoms with Gasteiger partial charge in [0.15, 0.2) is 0 Å². The Kier molecular flexibility index (Phi) is 6.36. The Bertz CT molecular complexity index is 1130. The van der Waals surface area contributed by atoms with Gasteiger partial charge in [-0.05, 0) is 29.2 Å². The maximum Gasteiger partial charge on any atom is 0.274 e. The van der Waals surface area contributed by atoms with Crippen LogP contribution in [-0.4, -0.2) is 58.5 Å². The molecule has 0 aliphatic carbocycles. The fourth-order valence-corrected chi connectivity index (χ4v) is 4.30. The molecule has 1 atom stereocenters. The first kappa shape index (κ1) is 22.8. The lowest BCUT2D eigenvalue weighted by Gasteiger charge is -2.23. The molecule has 172 valence electrons. The fourth-order valence-electron chi connectivity index (χ4n) is 4.30. The number of amides is 2. The van der Waals surface area contributed by atoms with Crippen molar-refractivity contribution in [1.82, 2.24) is 20.0 Å². The van der Waals surface area contributed by atoms with Gasteiger partial charge in [-0.1, -0.05) is 75.4 Å². The van der Waals surface area contributed by atoms with Crippen molar-refractivity contribution in [3.05, 3.63) is 77.6 Å². The normalized spacial score (nSPS) is 17.2. The van der Waals surface area contributed by atoms with Crippen LogP contribution in [0.3, 0.4) is 0 Å². The van der Waals surface area contributed by atoms with E-state index in [1.165, 1.54) is 0 Å². The van der Waals surface area contributed by atoms with Crippen LogP contribution in [0.5, 0.6) is 0 Å². The van der Waals surface area contributed by atoms with Gasteiger partial charge in [0.05, 0.1) is 5.92 Å². The zero-order valence-electron chi connectivity index (χ0n) is 19.8. The lowest BCUT2D eigenvalue weighted by molar-refractivity contribution is -0.133. The van der Waals surface area contributed by atoms with Crippen molar-refractivity contribution < 1.29 is 9.59 Å². The van der Waals surface area contributed by atoms with Crippen molar-refractivity contribution in [3.8, 4) is 11.1 Å². The molecule has 1 aliphatic rings. The van der Waals surface area contributed by atoms with E-state index in [4.69, 9.17) is 0 Å². The van der Waals surface area contributed by atoms with Crippen LogP contribution in [0.4, 0.5) is 0 Å². The SMILES string of the molecule is CN1CCN(C(=O)c2cc(C(C)(C)C)[nH]n2)C[C@@H](Cc2ccccc2-c2ccccc2)C1=O. The van der Waals surface area contributed by atoms with Gasteiger partial charge in [0.1, 0.15) is 5.69 Å². The molecule has 1 aromatic heterocycles. The Balaban J connectivity index is 1.59. The topological polar surface area (TPSA) is 69.3 Å². The minimum Gasteiger partial charge on any atom is -0.344 e. The van der Waals surface area contributed by atoms with Gasteiger partial charge in [-0.15, -0.1) is 0 Å². The molecule has 1 fully saturated rings. The molecule has 0 radical (unpaired) electrons. The van der Waals surface area contributed by atoms with Gasteiger partial charge >= 0.3 is 0 Å². The van der Waals surface area contributed by atoms with Gasteiger partial charge in [-0.2, -0.15) is 5.10 Å². The second-order valence-corrected chi connectivity index (χ2v) is 9.85. The standard InChI is InChI=1S/C27H32N4O2/c1-27(2,3)24-17-23(28-29-24)26(33)31-15-14-30(4)25(32)21(18-31)16-20-12-8-9-13-22(20)19-10-6-5-7-11-19/h5-13,17,21H,14-16,18H2,1-4H3,(H,28,29)/t21-/m1/s1. The summed E-state index contributed by atoms with van der Waals surface area (Å²) in [6, 6.07) is 20.2. The maximum absolute atomic E-state index is 13.3. The summed E-state index contributed by atoms with van der Waals surface area (Å²) in [7, 11) is 1.82. The van der Waals surface area contributed by atoms with Crippen LogP contribution in [-0.2, 0) is 16.6 Å². The van der Waals surface area contributed by atoms with Crippen molar-refractivity contribution in [2.75, 3.05) is 26.7 Å². The van der Waals surface area contributed by atoms with Crippen LogP contribution < -0.4 is 0 Å². The Morgan fingerprint density at radius 2 is 1.76 bits per heavy atom. The summed E-state index contributed by atoms with van der Waals surface area (Å²) in [5.74, 6) is -0.371. The van der Waals surface area contributed by atoms with E-state index in [0.29, 0.717) is 31.7 Å². The lowest BCUT2D eigenvalue weighted by atomic mass is 9.91. The van der Waals surface area contributed by atoms with Crippen molar-refractivity contribution in [2.45, 2.75) is 32.6 Å². The van der Waals surface area contributed by atoms with E-state index in [1.807, 2.05) is 43.4 Å². The molecule has 1 N–H and O–H groups in total. The van der Waals surface area contributed by atoms with Gasteiger partial charge < -0.3 is 9.80 Å². The van der Waals surface area contributed by atoms with Gasteiger partial charge in [0, 0.05) is 37.8 Å². The van der Waals surface area contributed by atoms with Crippen LogP contribution >= 0.6 is 0 Å². The van der Waals surface area contributed by atoms with E-state index < -0.39 is 0 Å². The molecular formula is C27H32N4O2. The van der Waals surface area contributed by atoms with E-state index >= 15 is 0 Å². The molecule has 2 amide bonds. The molecule has 0 bridgehead atoms. The number of nitrogens with zero attached hydrogens (tertiary/aromatic N) is 3. The molecule has 2 heterocycles. The maximum atomic E-state index is 13.3. The molecule has 6 heteroatoms. The lowest BCUT2D eigenvalue weighted by Crippen LogP contribution is -2.37. The molecule has 0 unspecified atom stereocenters. The molecular weight excluding hydrogens is 412 g/mol. The molecule has 2 aromatic carbocycles. The molecule has 0 spiro atoms. The first-order valence-electron chi connectivity index (χ1n) is 11.5. The number of carbonyl (C=O) groups is 2. The Labute approximate surface area is 195 Å². The van der Waals surface area contributed by atoms with Crippen molar-refractivity contribution in [2.24, 2.45) is 5.92 Å². The highest BCUT2D eigenvalue weighted by Gasteiger charge is 2.32. The monoisotopic (exact) mass is 444 g/mol. The predicted molar refractivity (Wildman–Crippen MR) is 130 cm³/mol. The van der Waals surface area contributed by atoms with Crippen LogP contribution in [0.25, 0.3) is 11.1 Å². The summed E-state index contributed by atoms with van der Waals surface area (Å²) in [4.78, 5) is 30.0. The third kappa shape index (κ3) is 5.00. The van der Waals surface area contributed by atoms with Gasteiger partial charge in [-0.25, -0.2) is 0 Å². The van der Waals surface area contributed by atoms with Gasteiger partial charge in [-0.3, -0.25) is 14.7 Å².